The second-order valence-corrected chi connectivity index (χ2v) is 6.30. The Bertz CT molecular complexity index is 331. The van der Waals surface area contributed by atoms with Crippen LogP contribution in [0.15, 0.2) is 0 Å². The Hall–Kier alpha value is -1.06. The van der Waals surface area contributed by atoms with Gasteiger partial charge < -0.3 is 10.2 Å². The molecule has 0 bridgehead atoms. The first-order valence-corrected chi connectivity index (χ1v) is 7.40. The third-order valence-corrected chi connectivity index (χ3v) is 4.20. The highest BCUT2D eigenvalue weighted by Crippen LogP contribution is 2.24. The largest absolute Gasteiger partial charge is 0.343 e. The van der Waals surface area contributed by atoms with E-state index in [2.05, 4.69) is 33.0 Å². The molecule has 4 nitrogen and oxygen atoms in total. The van der Waals surface area contributed by atoms with E-state index in [9.17, 15) is 9.59 Å². The topological polar surface area (TPSA) is 49.4 Å². The Balaban J connectivity index is 2.92. The molecule has 19 heavy (non-hydrogen) atoms. The third-order valence-electron chi connectivity index (χ3n) is 4.20. The standard InChI is InChI=1S/C15H28N2O2/c1-7-13-14(18)16-11(6)15(19)17(13)8-12(9(2)3)10(4)5/h9-13H,7-8H2,1-6H3,(H,16,18). The van der Waals surface area contributed by atoms with Gasteiger partial charge in [-0.25, -0.2) is 0 Å². The molecule has 0 aliphatic carbocycles. The second kappa shape index (κ2) is 6.40. The van der Waals surface area contributed by atoms with E-state index in [0.717, 1.165) is 0 Å². The molecule has 1 heterocycles. The van der Waals surface area contributed by atoms with Gasteiger partial charge in [-0.2, -0.15) is 0 Å². The molecular formula is C15H28N2O2. The fraction of sp³-hybridized carbons (Fsp3) is 0.867. The molecule has 0 aromatic rings. The number of piperazine rings is 1. The molecule has 0 saturated carbocycles. The molecule has 2 amide bonds. The van der Waals surface area contributed by atoms with Gasteiger partial charge in [0.05, 0.1) is 0 Å². The van der Waals surface area contributed by atoms with E-state index in [0.29, 0.717) is 30.7 Å². The summed E-state index contributed by atoms with van der Waals surface area (Å²) in [5, 5.41) is 2.76. The van der Waals surface area contributed by atoms with Gasteiger partial charge in [0.1, 0.15) is 12.1 Å². The molecule has 0 aromatic heterocycles. The monoisotopic (exact) mass is 268 g/mol. The van der Waals surface area contributed by atoms with Gasteiger partial charge in [-0.1, -0.05) is 34.6 Å². The predicted octanol–water partition coefficient (Wildman–Crippen LogP) is 2.04. The Labute approximate surface area is 116 Å². The first-order chi connectivity index (χ1) is 8.79. The molecule has 0 spiro atoms. The highest BCUT2D eigenvalue weighted by atomic mass is 16.2. The van der Waals surface area contributed by atoms with Crippen molar-refractivity contribution in [3.8, 4) is 0 Å². The first-order valence-electron chi connectivity index (χ1n) is 7.40. The molecule has 1 N–H and O–H groups in total. The van der Waals surface area contributed by atoms with Crippen LogP contribution < -0.4 is 5.32 Å². The summed E-state index contributed by atoms with van der Waals surface area (Å²) in [4.78, 5) is 26.1. The van der Waals surface area contributed by atoms with Gasteiger partial charge in [0, 0.05) is 6.54 Å². The van der Waals surface area contributed by atoms with Crippen molar-refractivity contribution < 1.29 is 9.59 Å². The van der Waals surface area contributed by atoms with Gasteiger partial charge in [-0.3, -0.25) is 9.59 Å². The Morgan fingerprint density at radius 1 is 1.16 bits per heavy atom. The highest BCUT2D eigenvalue weighted by molar-refractivity contribution is 5.96. The zero-order chi connectivity index (χ0) is 14.7. The van der Waals surface area contributed by atoms with Gasteiger partial charge in [-0.05, 0) is 31.1 Å². The van der Waals surface area contributed by atoms with E-state index in [-0.39, 0.29) is 17.9 Å². The van der Waals surface area contributed by atoms with Gasteiger partial charge >= 0.3 is 0 Å². The zero-order valence-electron chi connectivity index (χ0n) is 13.1. The van der Waals surface area contributed by atoms with Crippen molar-refractivity contribution in [3.63, 3.8) is 0 Å². The molecule has 2 unspecified atom stereocenters. The van der Waals surface area contributed by atoms with Gasteiger partial charge in [0.25, 0.3) is 0 Å². The lowest BCUT2D eigenvalue weighted by Gasteiger charge is -2.41. The van der Waals surface area contributed by atoms with Crippen LogP contribution in [-0.2, 0) is 9.59 Å². The number of hydrogen-bond donors (Lipinski definition) is 1. The Morgan fingerprint density at radius 2 is 1.68 bits per heavy atom. The normalized spacial score (nSPS) is 24.6. The maximum atomic E-state index is 12.3. The van der Waals surface area contributed by atoms with Gasteiger partial charge in [0.2, 0.25) is 11.8 Å². The van der Waals surface area contributed by atoms with Crippen LogP contribution in [0.5, 0.6) is 0 Å². The summed E-state index contributed by atoms with van der Waals surface area (Å²) < 4.78 is 0. The number of hydrogen-bond acceptors (Lipinski definition) is 2. The molecule has 1 rings (SSSR count). The molecule has 1 aliphatic rings. The molecule has 1 aliphatic heterocycles. The molecule has 1 saturated heterocycles. The van der Waals surface area contributed by atoms with Crippen molar-refractivity contribution in [1.29, 1.82) is 0 Å². The number of carbonyl (C=O) groups excluding carboxylic acids is 2. The summed E-state index contributed by atoms with van der Waals surface area (Å²) in [6.07, 6.45) is 0.674. The number of amides is 2. The molecule has 0 aromatic carbocycles. The van der Waals surface area contributed by atoms with Crippen molar-refractivity contribution in [2.45, 2.75) is 60.0 Å². The van der Waals surface area contributed by atoms with Crippen molar-refractivity contribution in [2.75, 3.05) is 6.54 Å². The number of nitrogens with zero attached hydrogens (tertiary/aromatic N) is 1. The molecule has 0 radical (unpaired) electrons. The van der Waals surface area contributed by atoms with E-state index >= 15 is 0 Å². The van der Waals surface area contributed by atoms with Crippen LogP contribution >= 0.6 is 0 Å². The summed E-state index contributed by atoms with van der Waals surface area (Å²) in [6, 6.07) is -0.695. The maximum Gasteiger partial charge on any atom is 0.245 e. The van der Waals surface area contributed by atoms with Crippen LogP contribution in [0.4, 0.5) is 0 Å². The molecule has 2 atom stereocenters. The minimum Gasteiger partial charge on any atom is -0.343 e. The van der Waals surface area contributed by atoms with E-state index in [1.54, 1.807) is 11.8 Å². The van der Waals surface area contributed by atoms with Crippen LogP contribution in [0, 0.1) is 17.8 Å². The molecule has 4 heteroatoms. The summed E-state index contributed by atoms with van der Waals surface area (Å²) in [5.74, 6) is 1.48. The smallest absolute Gasteiger partial charge is 0.245 e. The maximum absolute atomic E-state index is 12.3. The zero-order valence-corrected chi connectivity index (χ0v) is 13.1. The first kappa shape index (κ1) is 16.0. The predicted molar refractivity (Wildman–Crippen MR) is 76.6 cm³/mol. The van der Waals surface area contributed by atoms with E-state index in [1.807, 2.05) is 6.92 Å². The minimum atomic E-state index is -0.393. The van der Waals surface area contributed by atoms with Gasteiger partial charge in [0.15, 0.2) is 0 Å². The summed E-state index contributed by atoms with van der Waals surface area (Å²) in [6.45, 7) is 13.1. The number of carbonyl (C=O) groups is 2. The Morgan fingerprint density at radius 3 is 2.11 bits per heavy atom. The highest BCUT2D eigenvalue weighted by Gasteiger charge is 2.39. The van der Waals surface area contributed by atoms with Crippen LogP contribution in [0.25, 0.3) is 0 Å². The Kier molecular flexibility index (Phi) is 5.39. The van der Waals surface area contributed by atoms with E-state index < -0.39 is 6.04 Å². The SMILES string of the molecule is CCC1C(=O)NC(C)C(=O)N1CC(C(C)C)C(C)C. The summed E-state index contributed by atoms with van der Waals surface area (Å²) in [5.41, 5.74) is 0. The molecule has 1 fully saturated rings. The second-order valence-electron chi connectivity index (χ2n) is 6.30. The summed E-state index contributed by atoms with van der Waals surface area (Å²) in [7, 11) is 0. The lowest BCUT2D eigenvalue weighted by molar-refractivity contribution is -0.150. The minimum absolute atomic E-state index is 0.0131. The van der Waals surface area contributed by atoms with Crippen LogP contribution in [0.3, 0.4) is 0 Å². The summed E-state index contributed by atoms with van der Waals surface area (Å²) >= 11 is 0. The third kappa shape index (κ3) is 3.48. The van der Waals surface area contributed by atoms with Crippen molar-refractivity contribution in [3.05, 3.63) is 0 Å². The van der Waals surface area contributed by atoms with E-state index in [4.69, 9.17) is 0 Å². The average molecular weight is 268 g/mol. The van der Waals surface area contributed by atoms with Crippen molar-refractivity contribution >= 4 is 11.8 Å². The number of rotatable bonds is 5. The van der Waals surface area contributed by atoms with Crippen LogP contribution in [0.1, 0.15) is 48.0 Å². The van der Waals surface area contributed by atoms with Crippen molar-refractivity contribution in [1.82, 2.24) is 10.2 Å². The van der Waals surface area contributed by atoms with Gasteiger partial charge in [-0.15, -0.1) is 0 Å². The number of nitrogens with one attached hydrogen (secondary N) is 1. The van der Waals surface area contributed by atoms with E-state index in [1.165, 1.54) is 0 Å². The molecule has 110 valence electrons. The fourth-order valence-corrected chi connectivity index (χ4v) is 2.96. The molecular weight excluding hydrogens is 240 g/mol. The van der Waals surface area contributed by atoms with Crippen LogP contribution in [-0.4, -0.2) is 35.3 Å². The lowest BCUT2D eigenvalue weighted by Crippen LogP contribution is -2.63. The van der Waals surface area contributed by atoms with Crippen LogP contribution in [0.2, 0.25) is 0 Å². The fourth-order valence-electron chi connectivity index (χ4n) is 2.96. The van der Waals surface area contributed by atoms with Crippen molar-refractivity contribution in [2.24, 2.45) is 17.8 Å². The quantitative estimate of drug-likeness (QED) is 0.829. The average Bonchev–Trinajstić information content (AvgIpc) is 2.30. The lowest BCUT2D eigenvalue weighted by atomic mass is 9.84.